The van der Waals surface area contributed by atoms with Crippen LogP contribution in [0.1, 0.15) is 40.2 Å². The zero-order valence-corrected chi connectivity index (χ0v) is 18.8. The van der Waals surface area contributed by atoms with Gasteiger partial charge in [-0.2, -0.15) is 9.40 Å². The molecule has 1 aliphatic rings. The second kappa shape index (κ2) is 8.32. The van der Waals surface area contributed by atoms with Crippen LogP contribution in [0.15, 0.2) is 47.5 Å². The molecule has 0 bridgehead atoms. The van der Waals surface area contributed by atoms with Crippen LogP contribution in [0.3, 0.4) is 0 Å². The molecule has 1 aromatic carbocycles. The average Bonchev–Trinajstić information content (AvgIpc) is 3.48. The molecule has 3 aromatic rings. The van der Waals surface area contributed by atoms with Crippen LogP contribution in [0.4, 0.5) is 0 Å². The van der Waals surface area contributed by atoms with Gasteiger partial charge in [0.05, 0.1) is 11.1 Å². The highest BCUT2D eigenvalue weighted by atomic mass is 32.2. The predicted molar refractivity (Wildman–Crippen MR) is 118 cm³/mol. The first-order valence-electron chi connectivity index (χ1n) is 10.3. The van der Waals surface area contributed by atoms with Crippen molar-refractivity contribution in [3.63, 3.8) is 0 Å². The van der Waals surface area contributed by atoms with E-state index in [2.05, 4.69) is 10.4 Å². The molecule has 8 nitrogen and oxygen atoms in total. The third kappa shape index (κ3) is 4.03. The molecular weight excluding hydrogens is 414 g/mol. The number of amides is 1. The quantitative estimate of drug-likeness (QED) is 0.637. The molecule has 0 spiro atoms. The number of nitrogens with zero attached hydrogens (tertiary/aromatic N) is 4. The third-order valence-electron chi connectivity index (χ3n) is 5.71. The van der Waals surface area contributed by atoms with Crippen LogP contribution in [0.25, 0.3) is 5.82 Å². The Balaban J connectivity index is 1.48. The first kappa shape index (κ1) is 21.3. The second-order valence-corrected chi connectivity index (χ2v) is 9.83. The van der Waals surface area contributed by atoms with E-state index in [-0.39, 0.29) is 10.8 Å². The van der Waals surface area contributed by atoms with Crippen LogP contribution in [0.5, 0.6) is 0 Å². The number of hydrogen-bond acceptors (Lipinski definition) is 4. The SMILES string of the molecule is Cc1ccc(C)n1-c1c(C(=O)NCc2ccc(S(=O)(=O)N3CCCC3)cc2)cnn1C. The fourth-order valence-electron chi connectivity index (χ4n) is 3.99. The Kier molecular flexibility index (Phi) is 5.72. The second-order valence-electron chi connectivity index (χ2n) is 7.89. The van der Waals surface area contributed by atoms with Gasteiger partial charge in [0.2, 0.25) is 10.0 Å². The van der Waals surface area contributed by atoms with Crippen molar-refractivity contribution in [2.24, 2.45) is 7.05 Å². The normalized spacial score (nSPS) is 14.8. The Morgan fingerprint density at radius 1 is 1.03 bits per heavy atom. The molecule has 0 atom stereocenters. The predicted octanol–water partition coefficient (Wildman–Crippen LogP) is 2.54. The molecule has 1 amide bonds. The van der Waals surface area contributed by atoms with Gasteiger partial charge in [0, 0.05) is 38.1 Å². The van der Waals surface area contributed by atoms with Gasteiger partial charge < -0.3 is 9.88 Å². The van der Waals surface area contributed by atoms with E-state index < -0.39 is 10.0 Å². The maximum absolute atomic E-state index is 12.9. The topological polar surface area (TPSA) is 89.2 Å². The minimum atomic E-state index is -3.43. The van der Waals surface area contributed by atoms with E-state index in [1.54, 1.807) is 35.1 Å². The van der Waals surface area contributed by atoms with Crippen molar-refractivity contribution in [3.8, 4) is 5.82 Å². The summed E-state index contributed by atoms with van der Waals surface area (Å²) in [5.74, 6) is 0.480. The maximum Gasteiger partial charge on any atom is 0.256 e. The van der Waals surface area contributed by atoms with Gasteiger partial charge in [0.1, 0.15) is 11.4 Å². The molecular formula is C22H27N5O3S. The molecule has 0 radical (unpaired) electrons. The highest BCUT2D eigenvalue weighted by Crippen LogP contribution is 2.22. The molecule has 4 rings (SSSR count). The Morgan fingerprint density at radius 3 is 2.26 bits per heavy atom. The van der Waals surface area contributed by atoms with Crippen LogP contribution < -0.4 is 5.32 Å². The van der Waals surface area contributed by atoms with E-state index in [1.165, 1.54) is 4.31 Å². The minimum absolute atomic E-state index is 0.232. The molecule has 3 heterocycles. The van der Waals surface area contributed by atoms with Crippen molar-refractivity contribution in [2.75, 3.05) is 13.1 Å². The molecule has 31 heavy (non-hydrogen) atoms. The van der Waals surface area contributed by atoms with Gasteiger partial charge in [-0.05, 0) is 56.5 Å². The number of sulfonamides is 1. The molecule has 1 aliphatic heterocycles. The molecule has 0 unspecified atom stereocenters. The van der Waals surface area contributed by atoms with Crippen molar-refractivity contribution in [1.82, 2.24) is 24.0 Å². The zero-order valence-electron chi connectivity index (χ0n) is 18.0. The molecule has 1 saturated heterocycles. The number of rotatable bonds is 6. The van der Waals surface area contributed by atoms with Crippen molar-refractivity contribution < 1.29 is 13.2 Å². The standard InChI is InChI=1S/C22H27N5O3S/c1-16-6-7-17(2)27(16)22-20(15-24-25(22)3)21(28)23-14-18-8-10-19(11-9-18)31(29,30)26-12-4-5-13-26/h6-11,15H,4-5,12-14H2,1-3H3,(H,23,28). The Labute approximate surface area is 182 Å². The number of aryl methyl sites for hydroxylation is 3. The molecule has 0 saturated carbocycles. The number of hydrogen-bond donors (Lipinski definition) is 1. The molecule has 1 N–H and O–H groups in total. The lowest BCUT2D eigenvalue weighted by atomic mass is 10.2. The summed E-state index contributed by atoms with van der Waals surface area (Å²) < 4.78 is 30.5. The lowest BCUT2D eigenvalue weighted by Crippen LogP contribution is -2.28. The van der Waals surface area contributed by atoms with Gasteiger partial charge in [0.15, 0.2) is 0 Å². The third-order valence-corrected chi connectivity index (χ3v) is 7.63. The highest BCUT2D eigenvalue weighted by molar-refractivity contribution is 7.89. The molecule has 1 fully saturated rings. The van der Waals surface area contributed by atoms with Crippen molar-refractivity contribution in [1.29, 1.82) is 0 Å². The monoisotopic (exact) mass is 441 g/mol. The summed E-state index contributed by atoms with van der Waals surface area (Å²) in [5.41, 5.74) is 3.35. The molecule has 9 heteroatoms. The van der Waals surface area contributed by atoms with Crippen LogP contribution in [0.2, 0.25) is 0 Å². The number of benzene rings is 1. The van der Waals surface area contributed by atoms with Gasteiger partial charge in [-0.1, -0.05) is 12.1 Å². The first-order valence-corrected chi connectivity index (χ1v) is 11.8. The summed E-state index contributed by atoms with van der Waals surface area (Å²) in [4.78, 5) is 13.2. The van der Waals surface area contributed by atoms with E-state index in [1.807, 2.05) is 37.6 Å². The Hall–Kier alpha value is -2.91. The number of nitrogens with one attached hydrogen (secondary N) is 1. The number of aromatic nitrogens is 3. The van der Waals surface area contributed by atoms with Gasteiger partial charge in [-0.3, -0.25) is 9.48 Å². The summed E-state index contributed by atoms with van der Waals surface area (Å²) in [6.07, 6.45) is 3.37. The maximum atomic E-state index is 12.9. The van der Waals surface area contributed by atoms with E-state index in [9.17, 15) is 13.2 Å². The summed E-state index contributed by atoms with van der Waals surface area (Å²) in [5, 5.41) is 7.19. The Bertz CT molecular complexity index is 1180. The van der Waals surface area contributed by atoms with E-state index >= 15 is 0 Å². The summed E-state index contributed by atoms with van der Waals surface area (Å²) >= 11 is 0. The minimum Gasteiger partial charge on any atom is -0.348 e. The van der Waals surface area contributed by atoms with E-state index in [4.69, 9.17) is 0 Å². The molecule has 164 valence electrons. The van der Waals surface area contributed by atoms with Crippen LogP contribution in [-0.4, -0.2) is 46.1 Å². The van der Waals surface area contributed by atoms with E-state index in [0.717, 1.165) is 29.8 Å². The molecule has 0 aliphatic carbocycles. The van der Waals surface area contributed by atoms with Gasteiger partial charge in [-0.15, -0.1) is 0 Å². The Morgan fingerprint density at radius 2 is 1.65 bits per heavy atom. The van der Waals surface area contributed by atoms with Gasteiger partial charge >= 0.3 is 0 Å². The summed E-state index contributed by atoms with van der Waals surface area (Å²) in [6.45, 7) is 5.42. The average molecular weight is 442 g/mol. The molecule has 2 aromatic heterocycles. The summed E-state index contributed by atoms with van der Waals surface area (Å²) in [6, 6.07) is 10.7. The summed E-state index contributed by atoms with van der Waals surface area (Å²) in [7, 11) is -1.62. The van der Waals surface area contributed by atoms with Gasteiger partial charge in [0.25, 0.3) is 5.91 Å². The van der Waals surface area contributed by atoms with Crippen LogP contribution in [-0.2, 0) is 23.6 Å². The van der Waals surface area contributed by atoms with Gasteiger partial charge in [-0.25, -0.2) is 8.42 Å². The number of carbonyl (C=O) groups excluding carboxylic acids is 1. The smallest absolute Gasteiger partial charge is 0.256 e. The first-order chi connectivity index (χ1) is 14.8. The van der Waals surface area contributed by atoms with Crippen molar-refractivity contribution in [2.45, 2.75) is 38.1 Å². The number of carbonyl (C=O) groups is 1. The fraction of sp³-hybridized carbons (Fsp3) is 0.364. The van der Waals surface area contributed by atoms with Crippen molar-refractivity contribution in [3.05, 3.63) is 65.1 Å². The van der Waals surface area contributed by atoms with Crippen LogP contribution >= 0.6 is 0 Å². The lowest BCUT2D eigenvalue weighted by Gasteiger charge is -2.15. The fourth-order valence-corrected chi connectivity index (χ4v) is 5.51. The van der Waals surface area contributed by atoms with Crippen molar-refractivity contribution >= 4 is 15.9 Å². The largest absolute Gasteiger partial charge is 0.348 e. The van der Waals surface area contributed by atoms with Crippen LogP contribution in [0, 0.1) is 13.8 Å². The lowest BCUT2D eigenvalue weighted by molar-refractivity contribution is 0.0951. The van der Waals surface area contributed by atoms with E-state index in [0.29, 0.717) is 31.0 Å². The zero-order chi connectivity index (χ0) is 22.2. The highest BCUT2D eigenvalue weighted by Gasteiger charge is 2.27.